The van der Waals surface area contributed by atoms with E-state index in [4.69, 9.17) is 14.6 Å². The maximum absolute atomic E-state index is 9.64. The Hall–Kier alpha value is 0.524. The summed E-state index contributed by atoms with van der Waals surface area (Å²) < 4.78 is 10.7. The predicted molar refractivity (Wildman–Crippen MR) is 60.7 cm³/mol. The normalized spacial score (nSPS) is 30.9. The van der Waals surface area contributed by atoms with Crippen LogP contribution < -0.4 is 0 Å². The summed E-state index contributed by atoms with van der Waals surface area (Å²) in [5, 5.41) is 18.6. The molecule has 4 atom stereocenters. The number of ether oxygens (including phenoxy) is 2. The van der Waals surface area contributed by atoms with Gasteiger partial charge in [0.2, 0.25) is 6.29 Å². The topological polar surface area (TPSA) is 58.9 Å². The van der Waals surface area contributed by atoms with Crippen molar-refractivity contribution < 1.29 is 52.4 Å². The molecule has 1 heterocycles. The molecule has 0 spiro atoms. The Morgan fingerprint density at radius 3 is 2.76 bits per heavy atom. The van der Waals surface area contributed by atoms with Gasteiger partial charge in [0.05, 0.1) is 19.0 Å². The summed E-state index contributed by atoms with van der Waals surface area (Å²) in [5.74, 6) is 0.453. The van der Waals surface area contributed by atoms with Gasteiger partial charge in [-0.3, -0.25) is 0 Å². The third kappa shape index (κ3) is 6.30. The number of allylic oxidation sites excluding steroid dienone is 1. The van der Waals surface area contributed by atoms with E-state index >= 15 is 0 Å². The van der Waals surface area contributed by atoms with Gasteiger partial charge in [0.15, 0.2) is 0 Å². The fourth-order valence-electron chi connectivity index (χ4n) is 1.49. The Bertz CT molecular complexity index is 223. The molecule has 2 N–H and O–H groups in total. The van der Waals surface area contributed by atoms with Gasteiger partial charge in [-0.25, -0.2) is 0 Å². The van der Waals surface area contributed by atoms with Crippen molar-refractivity contribution in [2.24, 2.45) is 5.92 Å². The minimum Gasteiger partial charge on any atom is -0.470 e. The van der Waals surface area contributed by atoms with Crippen LogP contribution in [0.3, 0.4) is 0 Å². The molecule has 1 saturated heterocycles. The van der Waals surface area contributed by atoms with Crippen molar-refractivity contribution in [3.63, 3.8) is 0 Å². The fraction of sp³-hybridized carbons (Fsp3) is 0.833. The number of aliphatic hydroxyl groups excluding tert-OH is 2. The quantitative estimate of drug-likeness (QED) is 0.753. The summed E-state index contributed by atoms with van der Waals surface area (Å²) in [7, 11) is 0. The Kier molecular flexibility index (Phi) is 9.74. The first kappa shape index (κ1) is 17.5. The molecule has 0 aromatic rings. The van der Waals surface area contributed by atoms with Crippen LogP contribution in [0.2, 0.25) is 0 Å². The minimum atomic E-state index is -0.647. The van der Waals surface area contributed by atoms with Crippen molar-refractivity contribution in [2.75, 3.05) is 6.61 Å². The molecule has 4 nitrogen and oxygen atoms in total. The molecule has 0 aliphatic carbocycles. The molecule has 1 radical (unpaired) electrons. The Morgan fingerprint density at radius 2 is 2.18 bits per heavy atom. The molecule has 97 valence electrons. The molecular formula is C12H22O4Y. The van der Waals surface area contributed by atoms with Crippen molar-refractivity contribution in [3.8, 4) is 0 Å². The second kappa shape index (κ2) is 9.45. The Morgan fingerprint density at radius 1 is 1.47 bits per heavy atom. The first-order valence-electron chi connectivity index (χ1n) is 5.93. The molecule has 0 bridgehead atoms. The first-order chi connectivity index (χ1) is 7.67. The smallest absolute Gasteiger partial charge is 0.225 e. The monoisotopic (exact) mass is 319 g/mol. The Labute approximate surface area is 128 Å². The zero-order chi connectivity index (χ0) is 12.0. The number of aliphatic hydroxyl groups is 2. The van der Waals surface area contributed by atoms with Gasteiger partial charge >= 0.3 is 0 Å². The van der Waals surface area contributed by atoms with Crippen LogP contribution in [0, 0.1) is 5.92 Å². The summed E-state index contributed by atoms with van der Waals surface area (Å²) in [4.78, 5) is 0. The van der Waals surface area contributed by atoms with Crippen LogP contribution >= 0.6 is 0 Å². The summed E-state index contributed by atoms with van der Waals surface area (Å²) in [5.41, 5.74) is 0. The molecule has 4 unspecified atom stereocenters. The fourth-order valence-corrected chi connectivity index (χ4v) is 1.49. The van der Waals surface area contributed by atoms with Gasteiger partial charge in [0.1, 0.15) is 6.10 Å². The predicted octanol–water partition coefficient (Wildman–Crippen LogP) is 1.42. The SMILES string of the molecule is CCC(C)/C=C\OC1OC(CO)CCC1O.[Y]. The zero-order valence-electron chi connectivity index (χ0n) is 10.6. The van der Waals surface area contributed by atoms with Crippen molar-refractivity contribution in [2.45, 2.75) is 51.6 Å². The first-order valence-corrected chi connectivity index (χ1v) is 5.93. The molecule has 17 heavy (non-hydrogen) atoms. The van der Waals surface area contributed by atoms with E-state index in [2.05, 4.69) is 13.8 Å². The van der Waals surface area contributed by atoms with Gasteiger partial charge in [-0.1, -0.05) is 13.8 Å². The molecule has 0 saturated carbocycles. The van der Waals surface area contributed by atoms with Crippen LogP contribution in [0.4, 0.5) is 0 Å². The second-order valence-electron chi connectivity index (χ2n) is 4.30. The number of hydrogen-bond donors (Lipinski definition) is 2. The Balaban J connectivity index is 0.00000256. The van der Waals surface area contributed by atoms with E-state index in [9.17, 15) is 5.11 Å². The molecule has 1 aliphatic rings. The molecule has 0 aromatic heterocycles. The zero-order valence-corrected chi connectivity index (χ0v) is 13.4. The van der Waals surface area contributed by atoms with E-state index in [1.54, 1.807) is 6.26 Å². The van der Waals surface area contributed by atoms with Gasteiger partial charge < -0.3 is 19.7 Å². The summed E-state index contributed by atoms with van der Waals surface area (Å²) in [6.07, 6.45) is 4.38. The summed E-state index contributed by atoms with van der Waals surface area (Å²) in [6, 6.07) is 0. The van der Waals surface area contributed by atoms with Gasteiger partial charge in [-0.05, 0) is 31.3 Å². The standard InChI is InChI=1S/C12H22O4.Y/c1-3-9(2)6-7-15-12-11(14)5-4-10(8-13)16-12;/h6-7,9-14H,3-5,8H2,1-2H3;/b7-6-;. The third-order valence-corrected chi connectivity index (χ3v) is 2.89. The average Bonchev–Trinajstić information content (AvgIpc) is 2.31. The number of rotatable bonds is 5. The third-order valence-electron chi connectivity index (χ3n) is 2.89. The number of hydrogen-bond acceptors (Lipinski definition) is 4. The van der Waals surface area contributed by atoms with Crippen LogP contribution in [0.25, 0.3) is 0 Å². The molecular weight excluding hydrogens is 297 g/mol. The van der Waals surface area contributed by atoms with E-state index in [1.165, 1.54) is 0 Å². The second-order valence-corrected chi connectivity index (χ2v) is 4.30. The molecule has 0 amide bonds. The van der Waals surface area contributed by atoms with Crippen LogP contribution in [-0.4, -0.2) is 35.3 Å². The maximum atomic E-state index is 9.64. The maximum Gasteiger partial charge on any atom is 0.225 e. The molecule has 5 heteroatoms. The van der Waals surface area contributed by atoms with E-state index in [0.29, 0.717) is 18.8 Å². The average molecular weight is 319 g/mol. The van der Waals surface area contributed by atoms with Gasteiger partial charge in [-0.15, -0.1) is 0 Å². The van der Waals surface area contributed by atoms with Crippen LogP contribution in [0.15, 0.2) is 12.3 Å². The van der Waals surface area contributed by atoms with Crippen molar-refractivity contribution in [1.29, 1.82) is 0 Å². The van der Waals surface area contributed by atoms with Gasteiger partial charge in [0.25, 0.3) is 0 Å². The molecule has 1 rings (SSSR count). The van der Waals surface area contributed by atoms with Crippen molar-refractivity contribution in [3.05, 3.63) is 12.3 Å². The van der Waals surface area contributed by atoms with Crippen LogP contribution in [0.1, 0.15) is 33.1 Å². The van der Waals surface area contributed by atoms with Crippen molar-refractivity contribution >= 4 is 0 Å². The van der Waals surface area contributed by atoms with E-state index in [0.717, 1.165) is 6.42 Å². The van der Waals surface area contributed by atoms with E-state index in [-0.39, 0.29) is 45.4 Å². The van der Waals surface area contributed by atoms with Gasteiger partial charge in [-0.2, -0.15) is 0 Å². The van der Waals surface area contributed by atoms with E-state index in [1.807, 2.05) is 6.08 Å². The van der Waals surface area contributed by atoms with Gasteiger partial charge in [0, 0.05) is 32.7 Å². The molecule has 1 aliphatic heterocycles. The largest absolute Gasteiger partial charge is 0.470 e. The van der Waals surface area contributed by atoms with Crippen LogP contribution in [-0.2, 0) is 42.2 Å². The van der Waals surface area contributed by atoms with E-state index < -0.39 is 12.4 Å². The molecule has 0 aromatic carbocycles. The molecule has 1 fully saturated rings. The summed E-state index contributed by atoms with van der Waals surface area (Å²) >= 11 is 0. The minimum absolute atomic E-state index is 0. The van der Waals surface area contributed by atoms with Crippen LogP contribution in [0.5, 0.6) is 0 Å². The van der Waals surface area contributed by atoms with Crippen molar-refractivity contribution in [1.82, 2.24) is 0 Å². The summed E-state index contributed by atoms with van der Waals surface area (Å²) in [6.45, 7) is 4.17.